The lowest BCUT2D eigenvalue weighted by Gasteiger charge is -2.37. The van der Waals surface area contributed by atoms with Crippen LogP contribution in [-0.4, -0.2) is 65.2 Å². The highest BCUT2D eigenvalue weighted by molar-refractivity contribution is 9.09. The van der Waals surface area contributed by atoms with Gasteiger partial charge in [-0.3, -0.25) is 0 Å². The summed E-state index contributed by atoms with van der Waals surface area (Å²) >= 11 is 9.60. The number of rotatable bonds is 10. The van der Waals surface area contributed by atoms with Crippen LogP contribution in [0.25, 0.3) is 5.69 Å². The van der Waals surface area contributed by atoms with Gasteiger partial charge in [-0.1, -0.05) is 46.6 Å². The number of hydrogen-bond acceptors (Lipinski definition) is 7. The quantitative estimate of drug-likeness (QED) is 0.189. The number of anilines is 2. The summed E-state index contributed by atoms with van der Waals surface area (Å²) in [5.41, 5.74) is 3.96. The molecule has 3 aromatic carbocycles. The normalized spacial score (nSPS) is 21.0. The Kier molecular flexibility index (Phi) is 9.32. The van der Waals surface area contributed by atoms with E-state index >= 15 is 0 Å². The summed E-state index contributed by atoms with van der Waals surface area (Å²) in [6, 6.07) is 24.0. The summed E-state index contributed by atoms with van der Waals surface area (Å²) in [5, 5.41) is 5.48. The SMILES string of the molecule is CC[C@@H](C)n1ncn(-c2ccc(N3CCN(c4ccc(OC[C@@H]5CO[C@@](CBr)(c6ccc(Cl)cc6)O5)cc4)CC3)cc2)c1=O. The van der Waals surface area contributed by atoms with Gasteiger partial charge < -0.3 is 24.0 Å². The lowest BCUT2D eigenvalue weighted by molar-refractivity contribution is -0.159. The molecule has 2 aliphatic heterocycles. The standard InChI is InChI=1S/C33H37BrClN5O4/c1-3-24(2)40-32(41)39(23-36-40)29-10-8-27(9-11-29)37-16-18-38(19-17-37)28-12-14-30(15-13-28)42-20-31-21-43-33(22-34,44-31)25-4-6-26(35)7-5-25/h4-15,23-24,31H,3,16-22H2,1-2H3/t24-,31-,33-/m1/s1. The second-order valence-electron chi connectivity index (χ2n) is 11.2. The maximum absolute atomic E-state index is 12.8. The van der Waals surface area contributed by atoms with Crippen molar-refractivity contribution in [1.82, 2.24) is 14.3 Å². The van der Waals surface area contributed by atoms with Gasteiger partial charge in [-0.15, -0.1) is 0 Å². The Morgan fingerprint density at radius 2 is 1.55 bits per heavy atom. The molecular weight excluding hydrogens is 646 g/mol. The van der Waals surface area contributed by atoms with E-state index in [0.717, 1.165) is 55.3 Å². The molecule has 0 N–H and O–H groups in total. The first-order valence-corrected chi connectivity index (χ1v) is 16.5. The molecule has 4 aromatic rings. The number of nitrogens with zero attached hydrogens (tertiary/aromatic N) is 5. The van der Waals surface area contributed by atoms with Crippen molar-refractivity contribution < 1.29 is 14.2 Å². The van der Waals surface area contributed by atoms with Crippen LogP contribution in [0.4, 0.5) is 11.4 Å². The molecule has 2 fully saturated rings. The van der Waals surface area contributed by atoms with E-state index in [0.29, 0.717) is 23.6 Å². The van der Waals surface area contributed by atoms with Crippen LogP contribution in [0.5, 0.6) is 5.75 Å². The number of aromatic nitrogens is 3. The molecule has 44 heavy (non-hydrogen) atoms. The molecule has 2 saturated heterocycles. The first-order valence-electron chi connectivity index (χ1n) is 15.0. The van der Waals surface area contributed by atoms with Gasteiger partial charge in [-0.05, 0) is 74.0 Å². The lowest BCUT2D eigenvalue weighted by atomic mass is 10.1. The largest absolute Gasteiger partial charge is 0.491 e. The maximum Gasteiger partial charge on any atom is 0.350 e. The number of piperazine rings is 1. The zero-order chi connectivity index (χ0) is 30.7. The van der Waals surface area contributed by atoms with Crippen molar-refractivity contribution in [3.63, 3.8) is 0 Å². The van der Waals surface area contributed by atoms with E-state index in [4.69, 9.17) is 25.8 Å². The average molecular weight is 683 g/mol. The molecule has 0 unspecified atom stereocenters. The molecule has 9 nitrogen and oxygen atoms in total. The Labute approximate surface area is 271 Å². The molecule has 232 valence electrons. The van der Waals surface area contributed by atoms with Crippen LogP contribution in [0.2, 0.25) is 5.02 Å². The Bertz CT molecular complexity index is 1590. The van der Waals surface area contributed by atoms with E-state index in [1.165, 1.54) is 5.69 Å². The van der Waals surface area contributed by atoms with Crippen LogP contribution in [0.1, 0.15) is 31.9 Å². The first kappa shape index (κ1) is 30.7. The third kappa shape index (κ3) is 6.40. The molecule has 2 aliphatic rings. The highest BCUT2D eigenvalue weighted by Gasteiger charge is 2.42. The minimum atomic E-state index is -0.844. The molecule has 11 heteroatoms. The van der Waals surface area contributed by atoms with Crippen molar-refractivity contribution in [2.75, 3.05) is 54.5 Å². The number of alkyl halides is 1. The van der Waals surface area contributed by atoms with Gasteiger partial charge in [-0.2, -0.15) is 5.10 Å². The van der Waals surface area contributed by atoms with Crippen molar-refractivity contribution >= 4 is 38.9 Å². The van der Waals surface area contributed by atoms with Crippen molar-refractivity contribution in [1.29, 1.82) is 0 Å². The van der Waals surface area contributed by atoms with Gasteiger partial charge in [0.2, 0.25) is 5.79 Å². The fraction of sp³-hybridized carbons (Fsp3) is 0.394. The molecule has 0 radical (unpaired) electrons. The summed E-state index contributed by atoms with van der Waals surface area (Å²) in [6.07, 6.45) is 2.28. The van der Waals surface area contributed by atoms with Gasteiger partial charge in [0.25, 0.3) is 0 Å². The highest BCUT2D eigenvalue weighted by atomic mass is 79.9. The molecule has 6 rings (SSSR count). The zero-order valence-electron chi connectivity index (χ0n) is 24.9. The number of hydrogen-bond donors (Lipinski definition) is 0. The summed E-state index contributed by atoms with van der Waals surface area (Å²) in [7, 11) is 0. The van der Waals surface area contributed by atoms with Crippen LogP contribution in [0.3, 0.4) is 0 Å². The molecule has 0 saturated carbocycles. The van der Waals surface area contributed by atoms with Crippen LogP contribution in [0, 0.1) is 0 Å². The third-order valence-electron chi connectivity index (χ3n) is 8.43. The van der Waals surface area contributed by atoms with Crippen LogP contribution in [-0.2, 0) is 15.3 Å². The predicted octanol–water partition coefficient (Wildman–Crippen LogP) is 6.03. The fourth-order valence-electron chi connectivity index (χ4n) is 5.61. The molecule has 0 spiro atoms. The van der Waals surface area contributed by atoms with Crippen molar-refractivity contribution in [2.45, 2.75) is 38.2 Å². The lowest BCUT2D eigenvalue weighted by Crippen LogP contribution is -2.46. The van der Waals surface area contributed by atoms with Gasteiger partial charge in [0.1, 0.15) is 24.8 Å². The Morgan fingerprint density at radius 1 is 0.955 bits per heavy atom. The molecule has 0 amide bonds. The molecular formula is C33H37BrClN5O4. The van der Waals surface area contributed by atoms with Gasteiger partial charge >= 0.3 is 5.69 Å². The summed E-state index contributed by atoms with van der Waals surface area (Å²) in [4.78, 5) is 17.5. The van der Waals surface area contributed by atoms with Gasteiger partial charge in [0, 0.05) is 48.1 Å². The van der Waals surface area contributed by atoms with E-state index in [2.05, 4.69) is 62.0 Å². The summed E-state index contributed by atoms with van der Waals surface area (Å²) < 4.78 is 21.6. The molecule has 1 aromatic heterocycles. The number of ether oxygens (including phenoxy) is 3. The van der Waals surface area contributed by atoms with Gasteiger partial charge in [-0.25, -0.2) is 14.0 Å². The number of benzene rings is 3. The average Bonchev–Trinajstić information content (AvgIpc) is 3.68. The second-order valence-corrected chi connectivity index (χ2v) is 12.2. The van der Waals surface area contributed by atoms with Crippen LogP contribution < -0.4 is 20.2 Å². The molecule has 3 atom stereocenters. The Hall–Kier alpha value is -3.31. The molecule has 0 aliphatic carbocycles. The Morgan fingerprint density at radius 3 is 2.14 bits per heavy atom. The molecule has 0 bridgehead atoms. The zero-order valence-corrected chi connectivity index (χ0v) is 27.3. The predicted molar refractivity (Wildman–Crippen MR) is 177 cm³/mol. The van der Waals surface area contributed by atoms with Gasteiger partial charge in [0.05, 0.1) is 23.7 Å². The smallest absolute Gasteiger partial charge is 0.350 e. The highest BCUT2D eigenvalue weighted by Crippen LogP contribution is 2.37. The number of halogens is 2. The van der Waals surface area contributed by atoms with Crippen LogP contribution >= 0.6 is 27.5 Å². The fourth-order valence-corrected chi connectivity index (χ4v) is 6.35. The minimum absolute atomic E-state index is 0.0750. The maximum atomic E-state index is 12.8. The van der Waals surface area contributed by atoms with Gasteiger partial charge in [0.15, 0.2) is 0 Å². The first-order chi connectivity index (χ1) is 21.4. The summed E-state index contributed by atoms with van der Waals surface area (Å²) in [6.45, 7) is 8.54. The van der Waals surface area contributed by atoms with Crippen molar-refractivity contribution in [3.05, 3.63) is 100 Å². The topological polar surface area (TPSA) is 74.0 Å². The van der Waals surface area contributed by atoms with E-state index in [1.807, 2.05) is 55.5 Å². The van der Waals surface area contributed by atoms with Crippen LogP contribution in [0.15, 0.2) is 83.9 Å². The minimum Gasteiger partial charge on any atom is -0.491 e. The van der Waals surface area contributed by atoms with E-state index < -0.39 is 5.79 Å². The van der Waals surface area contributed by atoms with E-state index in [9.17, 15) is 4.79 Å². The summed E-state index contributed by atoms with van der Waals surface area (Å²) in [5.74, 6) is -0.0450. The third-order valence-corrected chi connectivity index (χ3v) is 9.42. The van der Waals surface area contributed by atoms with E-state index in [1.54, 1.807) is 15.6 Å². The van der Waals surface area contributed by atoms with E-state index in [-0.39, 0.29) is 17.8 Å². The van der Waals surface area contributed by atoms with Crippen molar-refractivity contribution in [2.24, 2.45) is 0 Å². The second kappa shape index (κ2) is 13.4. The Balaban J connectivity index is 0.993. The monoisotopic (exact) mass is 681 g/mol. The van der Waals surface area contributed by atoms with Crippen molar-refractivity contribution in [3.8, 4) is 11.4 Å². The molecule has 3 heterocycles.